The Morgan fingerprint density at radius 2 is 1.88 bits per heavy atom. The Kier molecular flexibility index (Phi) is 4.00. The molecule has 0 aromatic heterocycles. The van der Waals surface area contributed by atoms with Gasteiger partial charge in [-0.25, -0.2) is 0 Å². The summed E-state index contributed by atoms with van der Waals surface area (Å²) in [6.07, 6.45) is 1.71. The quantitative estimate of drug-likeness (QED) is 0.778. The number of aryl methyl sites for hydroxylation is 2. The van der Waals surface area contributed by atoms with E-state index in [2.05, 4.69) is 15.9 Å². The van der Waals surface area contributed by atoms with E-state index in [1.54, 1.807) is 0 Å². The summed E-state index contributed by atoms with van der Waals surface area (Å²) >= 11 is 3.49. The molecule has 1 aromatic rings. The predicted molar refractivity (Wildman–Crippen MR) is 71.5 cm³/mol. The Morgan fingerprint density at radius 1 is 1.24 bits per heavy atom. The Balaban J connectivity index is 2.26. The van der Waals surface area contributed by atoms with E-state index in [1.807, 2.05) is 26.0 Å². The molecule has 0 spiro atoms. The molecule has 0 saturated carbocycles. The first-order chi connectivity index (χ1) is 8.09. The van der Waals surface area contributed by atoms with Crippen LogP contribution in [0.2, 0.25) is 0 Å². The van der Waals surface area contributed by atoms with Gasteiger partial charge in [0.1, 0.15) is 0 Å². The SMILES string of the molecule is Cc1cc(C(=O)C2CCOCC2)c(C)cc1Br. The predicted octanol–water partition coefficient (Wildman–Crippen LogP) is 3.68. The third-order valence-corrected chi connectivity index (χ3v) is 4.22. The van der Waals surface area contributed by atoms with Gasteiger partial charge in [0, 0.05) is 29.2 Å². The van der Waals surface area contributed by atoms with Crippen LogP contribution in [0.15, 0.2) is 16.6 Å². The van der Waals surface area contributed by atoms with Crippen LogP contribution in [0, 0.1) is 19.8 Å². The Labute approximate surface area is 110 Å². The third-order valence-electron chi connectivity index (χ3n) is 3.36. The van der Waals surface area contributed by atoms with Crippen molar-refractivity contribution in [3.05, 3.63) is 33.3 Å². The van der Waals surface area contributed by atoms with Gasteiger partial charge in [-0.05, 0) is 49.9 Å². The number of rotatable bonds is 2. The van der Waals surface area contributed by atoms with Crippen molar-refractivity contribution in [2.45, 2.75) is 26.7 Å². The lowest BCUT2D eigenvalue weighted by molar-refractivity contribution is 0.0544. The van der Waals surface area contributed by atoms with Gasteiger partial charge in [-0.1, -0.05) is 15.9 Å². The molecule has 2 rings (SSSR count). The molecule has 0 amide bonds. The summed E-state index contributed by atoms with van der Waals surface area (Å²) in [4.78, 5) is 12.4. The fourth-order valence-corrected chi connectivity index (χ4v) is 2.68. The summed E-state index contributed by atoms with van der Waals surface area (Å²) in [5.74, 6) is 0.421. The summed E-state index contributed by atoms with van der Waals surface area (Å²) in [5, 5.41) is 0. The average molecular weight is 297 g/mol. The molecular weight excluding hydrogens is 280 g/mol. The summed E-state index contributed by atoms with van der Waals surface area (Å²) in [6, 6.07) is 4.03. The van der Waals surface area contributed by atoms with Gasteiger partial charge in [0.25, 0.3) is 0 Å². The third kappa shape index (κ3) is 2.78. The molecular formula is C14H17BrO2. The van der Waals surface area contributed by atoms with Gasteiger partial charge in [0.05, 0.1) is 0 Å². The van der Waals surface area contributed by atoms with Gasteiger partial charge < -0.3 is 4.74 Å². The molecule has 17 heavy (non-hydrogen) atoms. The highest BCUT2D eigenvalue weighted by molar-refractivity contribution is 9.10. The van der Waals surface area contributed by atoms with Gasteiger partial charge in [-0.3, -0.25) is 4.79 Å². The number of halogens is 1. The molecule has 1 heterocycles. The van der Waals surface area contributed by atoms with Gasteiger partial charge in [-0.2, -0.15) is 0 Å². The fraction of sp³-hybridized carbons (Fsp3) is 0.500. The van der Waals surface area contributed by atoms with Crippen LogP contribution in [0.4, 0.5) is 0 Å². The number of hydrogen-bond donors (Lipinski definition) is 0. The van der Waals surface area contributed by atoms with Crippen molar-refractivity contribution in [3.63, 3.8) is 0 Å². The van der Waals surface area contributed by atoms with Crippen molar-refractivity contribution in [2.24, 2.45) is 5.92 Å². The molecule has 1 aromatic carbocycles. The molecule has 1 aliphatic heterocycles. The van der Waals surface area contributed by atoms with Crippen LogP contribution >= 0.6 is 15.9 Å². The van der Waals surface area contributed by atoms with Crippen molar-refractivity contribution < 1.29 is 9.53 Å². The van der Waals surface area contributed by atoms with E-state index in [0.717, 1.165) is 34.0 Å². The monoisotopic (exact) mass is 296 g/mol. The molecule has 1 aliphatic rings. The normalized spacial score (nSPS) is 17.1. The number of benzene rings is 1. The topological polar surface area (TPSA) is 26.3 Å². The molecule has 2 nitrogen and oxygen atoms in total. The van der Waals surface area contributed by atoms with Crippen LogP contribution in [0.1, 0.15) is 34.3 Å². The maximum atomic E-state index is 12.4. The second kappa shape index (κ2) is 5.32. The maximum absolute atomic E-state index is 12.4. The molecule has 1 saturated heterocycles. The summed E-state index contributed by atoms with van der Waals surface area (Å²) in [7, 11) is 0. The zero-order valence-electron chi connectivity index (χ0n) is 10.3. The molecule has 3 heteroatoms. The summed E-state index contributed by atoms with van der Waals surface area (Å²) < 4.78 is 6.37. The first-order valence-electron chi connectivity index (χ1n) is 5.98. The van der Waals surface area contributed by atoms with Crippen molar-refractivity contribution in [1.82, 2.24) is 0 Å². The van der Waals surface area contributed by atoms with Crippen LogP contribution in [-0.2, 0) is 4.74 Å². The zero-order chi connectivity index (χ0) is 12.4. The largest absolute Gasteiger partial charge is 0.381 e. The average Bonchev–Trinajstić information content (AvgIpc) is 2.34. The van der Waals surface area contributed by atoms with E-state index >= 15 is 0 Å². The van der Waals surface area contributed by atoms with Gasteiger partial charge in [0.2, 0.25) is 0 Å². The van der Waals surface area contributed by atoms with Crippen molar-refractivity contribution in [3.8, 4) is 0 Å². The zero-order valence-corrected chi connectivity index (χ0v) is 11.8. The van der Waals surface area contributed by atoms with E-state index < -0.39 is 0 Å². The number of Topliss-reactive ketones (excluding diaryl/α,β-unsaturated/α-hetero) is 1. The van der Waals surface area contributed by atoms with Crippen LogP contribution < -0.4 is 0 Å². The number of carbonyl (C=O) groups is 1. The summed E-state index contributed by atoms with van der Waals surface area (Å²) in [5.41, 5.74) is 3.04. The highest BCUT2D eigenvalue weighted by Gasteiger charge is 2.24. The second-order valence-corrected chi connectivity index (χ2v) is 5.52. The van der Waals surface area contributed by atoms with E-state index in [0.29, 0.717) is 13.2 Å². The van der Waals surface area contributed by atoms with Gasteiger partial charge >= 0.3 is 0 Å². The van der Waals surface area contributed by atoms with E-state index in [-0.39, 0.29) is 11.7 Å². The van der Waals surface area contributed by atoms with Crippen molar-refractivity contribution in [2.75, 3.05) is 13.2 Å². The van der Waals surface area contributed by atoms with Crippen LogP contribution in [0.25, 0.3) is 0 Å². The standard InChI is InChI=1S/C14H17BrO2/c1-9-8-13(15)10(2)7-12(9)14(16)11-3-5-17-6-4-11/h7-8,11H,3-6H2,1-2H3. The maximum Gasteiger partial charge on any atom is 0.166 e. The van der Waals surface area contributed by atoms with Crippen molar-refractivity contribution >= 4 is 21.7 Å². The lowest BCUT2D eigenvalue weighted by Gasteiger charge is -2.21. The van der Waals surface area contributed by atoms with Crippen LogP contribution in [-0.4, -0.2) is 19.0 Å². The molecule has 1 fully saturated rings. The molecule has 92 valence electrons. The van der Waals surface area contributed by atoms with E-state index in [4.69, 9.17) is 4.74 Å². The number of carbonyl (C=O) groups excluding carboxylic acids is 1. The van der Waals surface area contributed by atoms with E-state index in [1.165, 1.54) is 0 Å². The first kappa shape index (κ1) is 12.8. The second-order valence-electron chi connectivity index (χ2n) is 4.67. The fourth-order valence-electron chi connectivity index (χ4n) is 2.23. The van der Waals surface area contributed by atoms with Crippen molar-refractivity contribution in [1.29, 1.82) is 0 Å². The molecule has 0 bridgehead atoms. The molecule has 0 unspecified atom stereocenters. The highest BCUT2D eigenvalue weighted by Crippen LogP contribution is 2.26. The lowest BCUT2D eigenvalue weighted by Crippen LogP contribution is -2.24. The Bertz CT molecular complexity index is 434. The lowest BCUT2D eigenvalue weighted by atomic mass is 9.88. The molecule has 0 aliphatic carbocycles. The van der Waals surface area contributed by atoms with Crippen LogP contribution in [0.3, 0.4) is 0 Å². The molecule has 0 radical (unpaired) electrons. The van der Waals surface area contributed by atoms with Gasteiger partial charge in [-0.15, -0.1) is 0 Å². The minimum atomic E-state index is 0.142. The minimum Gasteiger partial charge on any atom is -0.381 e. The number of ketones is 1. The Hall–Kier alpha value is -0.670. The molecule has 0 N–H and O–H groups in total. The minimum absolute atomic E-state index is 0.142. The highest BCUT2D eigenvalue weighted by atomic mass is 79.9. The number of hydrogen-bond acceptors (Lipinski definition) is 2. The smallest absolute Gasteiger partial charge is 0.166 e. The Morgan fingerprint density at radius 3 is 2.53 bits per heavy atom. The first-order valence-corrected chi connectivity index (χ1v) is 6.77. The summed E-state index contributed by atoms with van der Waals surface area (Å²) in [6.45, 7) is 5.44. The van der Waals surface area contributed by atoms with Gasteiger partial charge in [0.15, 0.2) is 5.78 Å². The number of ether oxygens (including phenoxy) is 1. The molecule has 0 atom stereocenters. The van der Waals surface area contributed by atoms with E-state index in [9.17, 15) is 4.79 Å². The van der Waals surface area contributed by atoms with Crippen LogP contribution in [0.5, 0.6) is 0 Å².